The van der Waals surface area contributed by atoms with E-state index in [1.807, 2.05) is 36.9 Å². The van der Waals surface area contributed by atoms with Crippen molar-refractivity contribution in [1.82, 2.24) is 0 Å². The summed E-state index contributed by atoms with van der Waals surface area (Å²) >= 11 is 15.7. The molecule has 27 heavy (non-hydrogen) atoms. The maximum Gasteiger partial charge on any atom is 0.140 e. The van der Waals surface area contributed by atoms with Gasteiger partial charge in [-0.2, -0.15) is 11.8 Å². The quantitative estimate of drug-likeness (QED) is 0.251. The Hall–Kier alpha value is -0.680. The predicted octanol–water partition coefficient (Wildman–Crippen LogP) is 7.33. The minimum atomic E-state index is 0.617. The highest BCUT2D eigenvalue weighted by Gasteiger charge is 2.09. The molecule has 0 fully saturated rings. The molecule has 0 saturated carbocycles. The third-order valence-electron chi connectivity index (χ3n) is 3.69. The van der Waals surface area contributed by atoms with E-state index in [-0.39, 0.29) is 0 Å². The average molecular weight is 445 g/mol. The summed E-state index contributed by atoms with van der Waals surface area (Å²) in [5.41, 5.74) is 1.06. The number of hydrogen-bond acceptors (Lipinski definition) is 4. The van der Waals surface area contributed by atoms with E-state index in [1.54, 1.807) is 11.8 Å². The summed E-state index contributed by atoms with van der Waals surface area (Å²) in [7, 11) is 0. The Balaban J connectivity index is 1.93. The van der Waals surface area contributed by atoms with Crippen LogP contribution in [0.5, 0.6) is 11.5 Å². The minimum absolute atomic E-state index is 0.617. The number of ether oxygens (including phenoxy) is 2. The van der Waals surface area contributed by atoms with Crippen LogP contribution < -0.4 is 9.47 Å². The highest BCUT2D eigenvalue weighted by Crippen LogP contribution is 2.37. The molecule has 2 aromatic rings. The lowest BCUT2D eigenvalue weighted by molar-refractivity contribution is 0.316. The fourth-order valence-corrected chi connectivity index (χ4v) is 4.47. The molecule has 2 nitrogen and oxygen atoms in total. The van der Waals surface area contributed by atoms with Crippen LogP contribution in [-0.4, -0.2) is 30.6 Å². The first kappa shape index (κ1) is 22.6. The zero-order valence-electron chi connectivity index (χ0n) is 15.8. The molecule has 0 aliphatic carbocycles. The van der Waals surface area contributed by atoms with Crippen molar-refractivity contribution in [2.45, 2.75) is 36.5 Å². The lowest BCUT2D eigenvalue weighted by Gasteiger charge is -2.13. The Labute approximate surface area is 181 Å². The number of thioether (sulfide) groups is 1. The molecule has 2 aromatic carbocycles. The van der Waals surface area contributed by atoms with Crippen molar-refractivity contribution >= 4 is 46.7 Å². The zero-order valence-corrected chi connectivity index (χ0v) is 18.9. The highest BCUT2D eigenvalue weighted by molar-refractivity contribution is 7.99. The van der Waals surface area contributed by atoms with Gasteiger partial charge in [0.05, 0.1) is 18.2 Å². The van der Waals surface area contributed by atoms with Crippen LogP contribution >= 0.6 is 46.7 Å². The summed E-state index contributed by atoms with van der Waals surface area (Å²) in [5.74, 6) is 4.54. The Morgan fingerprint density at radius 1 is 0.963 bits per heavy atom. The van der Waals surface area contributed by atoms with Crippen LogP contribution in [0, 0.1) is 6.92 Å². The Morgan fingerprint density at radius 3 is 2.37 bits per heavy atom. The summed E-state index contributed by atoms with van der Waals surface area (Å²) in [5, 5.41) is 0.668. The highest BCUT2D eigenvalue weighted by atomic mass is 35.5. The molecular formula is C21H26Cl2O2S2. The van der Waals surface area contributed by atoms with Crippen LogP contribution in [0.25, 0.3) is 0 Å². The molecule has 0 aliphatic rings. The molecule has 0 amide bonds. The van der Waals surface area contributed by atoms with Crippen molar-refractivity contribution in [3.63, 3.8) is 0 Å². The molecule has 0 aromatic heterocycles. The summed E-state index contributed by atoms with van der Waals surface area (Å²) in [6, 6.07) is 12.2. The molecule has 0 radical (unpaired) electrons. The fourth-order valence-electron chi connectivity index (χ4n) is 2.41. The summed E-state index contributed by atoms with van der Waals surface area (Å²) < 4.78 is 11.5. The van der Waals surface area contributed by atoms with E-state index in [4.69, 9.17) is 32.7 Å². The molecule has 0 aliphatic heterocycles. The summed E-state index contributed by atoms with van der Waals surface area (Å²) in [6.45, 7) is 5.56. The van der Waals surface area contributed by atoms with E-state index < -0.39 is 0 Å². The number of hydrogen-bond donors (Lipinski definition) is 0. The number of rotatable bonds is 12. The third-order valence-corrected chi connectivity index (χ3v) is 6.21. The minimum Gasteiger partial charge on any atom is -0.494 e. The maximum atomic E-state index is 6.46. The first-order chi connectivity index (χ1) is 13.1. The van der Waals surface area contributed by atoms with Crippen LogP contribution in [0.1, 0.15) is 25.3 Å². The van der Waals surface area contributed by atoms with Crippen LogP contribution in [0.15, 0.2) is 46.2 Å². The summed E-state index contributed by atoms with van der Waals surface area (Å²) in [4.78, 5) is 2.24. The van der Waals surface area contributed by atoms with Gasteiger partial charge in [0.25, 0.3) is 0 Å². The molecule has 0 atom stereocenters. The normalized spacial score (nSPS) is 10.8. The van der Waals surface area contributed by atoms with E-state index in [2.05, 4.69) is 25.1 Å². The zero-order chi connectivity index (χ0) is 19.5. The lowest BCUT2D eigenvalue weighted by atomic mass is 10.2. The van der Waals surface area contributed by atoms with E-state index in [0.29, 0.717) is 24.1 Å². The number of benzene rings is 2. The first-order valence-corrected chi connectivity index (χ1v) is 12.0. The molecule has 6 heteroatoms. The Kier molecular flexibility index (Phi) is 10.6. The number of alkyl halides is 1. The molecule has 0 unspecified atom stereocenters. The monoisotopic (exact) mass is 444 g/mol. The van der Waals surface area contributed by atoms with E-state index >= 15 is 0 Å². The van der Waals surface area contributed by atoms with Gasteiger partial charge in [-0.25, -0.2) is 0 Å². The van der Waals surface area contributed by atoms with Gasteiger partial charge in [-0.05, 0) is 73.2 Å². The van der Waals surface area contributed by atoms with Gasteiger partial charge in [-0.1, -0.05) is 30.3 Å². The number of halogens is 2. The third kappa shape index (κ3) is 8.06. The standard InChI is InChI=1S/C21H26Cl2O2S2/c1-3-26-13-5-12-25-21-16(2)14-19(15-20(21)23)27-18-8-6-17(7-9-18)24-11-4-10-22/h6-9,14-15H,3-5,10-13H2,1-2H3. The topological polar surface area (TPSA) is 18.5 Å². The van der Waals surface area contributed by atoms with Gasteiger partial charge in [0.1, 0.15) is 11.5 Å². The predicted molar refractivity (Wildman–Crippen MR) is 121 cm³/mol. The molecule has 0 N–H and O–H groups in total. The maximum absolute atomic E-state index is 6.46. The van der Waals surface area contributed by atoms with Crippen molar-refractivity contribution in [3.8, 4) is 11.5 Å². The van der Waals surface area contributed by atoms with Gasteiger partial charge in [-0.15, -0.1) is 11.6 Å². The van der Waals surface area contributed by atoms with E-state index in [1.165, 1.54) is 0 Å². The first-order valence-electron chi connectivity index (χ1n) is 9.11. The van der Waals surface area contributed by atoms with Crippen molar-refractivity contribution in [2.75, 3.05) is 30.6 Å². The lowest BCUT2D eigenvalue weighted by Crippen LogP contribution is -2.01. The molecule has 0 saturated heterocycles. The Morgan fingerprint density at radius 2 is 1.70 bits per heavy atom. The van der Waals surface area contributed by atoms with Crippen molar-refractivity contribution < 1.29 is 9.47 Å². The molecule has 0 spiro atoms. The molecule has 148 valence electrons. The summed E-state index contributed by atoms with van der Waals surface area (Å²) in [6.07, 6.45) is 1.88. The van der Waals surface area contributed by atoms with Crippen LogP contribution in [0.4, 0.5) is 0 Å². The smallest absolute Gasteiger partial charge is 0.140 e. The second-order valence-electron chi connectivity index (χ2n) is 5.91. The largest absolute Gasteiger partial charge is 0.494 e. The van der Waals surface area contributed by atoms with E-state index in [9.17, 15) is 0 Å². The second kappa shape index (κ2) is 12.7. The Bertz CT molecular complexity index is 670. The van der Waals surface area contributed by atoms with Crippen molar-refractivity contribution in [1.29, 1.82) is 0 Å². The second-order valence-corrected chi connectivity index (χ2v) is 9.24. The fraction of sp³-hybridized carbons (Fsp3) is 0.429. The van der Waals surface area contributed by atoms with Gasteiger partial charge in [0.2, 0.25) is 0 Å². The molecular weight excluding hydrogens is 419 g/mol. The van der Waals surface area contributed by atoms with Crippen molar-refractivity contribution in [2.24, 2.45) is 0 Å². The van der Waals surface area contributed by atoms with Gasteiger partial charge in [-0.3, -0.25) is 0 Å². The van der Waals surface area contributed by atoms with E-state index in [0.717, 1.165) is 51.2 Å². The molecule has 0 bridgehead atoms. The average Bonchev–Trinajstić information content (AvgIpc) is 2.65. The van der Waals surface area contributed by atoms with Crippen LogP contribution in [0.2, 0.25) is 5.02 Å². The number of aryl methyl sites for hydroxylation is 1. The van der Waals surface area contributed by atoms with Gasteiger partial charge in [0, 0.05) is 15.7 Å². The van der Waals surface area contributed by atoms with Gasteiger partial charge in [0.15, 0.2) is 0 Å². The van der Waals surface area contributed by atoms with Crippen molar-refractivity contribution in [3.05, 3.63) is 47.0 Å². The molecule has 0 heterocycles. The van der Waals surface area contributed by atoms with Crippen LogP contribution in [-0.2, 0) is 0 Å². The van der Waals surface area contributed by atoms with Crippen LogP contribution in [0.3, 0.4) is 0 Å². The molecule has 2 rings (SSSR count). The van der Waals surface area contributed by atoms with Gasteiger partial charge < -0.3 is 9.47 Å². The SMILES string of the molecule is CCSCCCOc1c(C)cc(Sc2ccc(OCCCCl)cc2)cc1Cl. The van der Waals surface area contributed by atoms with Gasteiger partial charge >= 0.3 is 0 Å².